The predicted molar refractivity (Wildman–Crippen MR) is 40.0 cm³/mol. The highest BCUT2D eigenvalue weighted by atomic mass is 35.5. The number of rotatable bonds is 4. The predicted octanol–water partition coefficient (Wildman–Crippen LogP) is -1.53. The molecule has 0 aliphatic carbocycles. The van der Waals surface area contributed by atoms with Gasteiger partial charge in [-0.2, -0.15) is 0 Å². The molecule has 0 spiro atoms. The molecular weight excluding hydrogens is 158 g/mol. The summed E-state index contributed by atoms with van der Waals surface area (Å²) in [5.41, 5.74) is 5.07. The number of hydrogen-bond acceptors (Lipinski definition) is 4. The Bertz CT molecular complexity index is 73.9. The van der Waals surface area contributed by atoms with Crippen LogP contribution in [0, 0.1) is 0 Å². The molecule has 64 valence electrons. The number of aliphatic hydroxyl groups excluding tert-OH is 3. The van der Waals surface area contributed by atoms with Crippen molar-refractivity contribution in [2.45, 2.75) is 18.6 Å². The van der Waals surface area contributed by atoms with E-state index in [0.29, 0.717) is 13.0 Å². The summed E-state index contributed by atoms with van der Waals surface area (Å²) in [5, 5.41) is 25.8. The molecule has 4 nitrogen and oxygen atoms in total. The number of aliphatic hydroxyl groups is 3. The Morgan fingerprint density at radius 1 is 1.20 bits per heavy atom. The van der Waals surface area contributed by atoms with Gasteiger partial charge in [0.2, 0.25) is 0 Å². The van der Waals surface area contributed by atoms with Crippen LogP contribution in [-0.4, -0.2) is 40.7 Å². The summed E-state index contributed by atoms with van der Waals surface area (Å²) in [6, 6.07) is 0. The average molecular weight is 172 g/mol. The van der Waals surface area contributed by atoms with Crippen molar-refractivity contribution in [2.24, 2.45) is 5.73 Å². The van der Waals surface area contributed by atoms with E-state index in [1.165, 1.54) is 0 Å². The molecule has 10 heavy (non-hydrogen) atoms. The summed E-state index contributed by atoms with van der Waals surface area (Å²) >= 11 is 0. The van der Waals surface area contributed by atoms with Gasteiger partial charge in [-0.05, 0) is 13.0 Å². The molecular formula is C5H14ClNO3. The minimum atomic E-state index is -1.05. The Labute approximate surface area is 66.1 Å². The Hall–Kier alpha value is 0.130. The molecule has 5 heteroatoms. The lowest BCUT2D eigenvalue weighted by Crippen LogP contribution is -2.31. The second-order valence-corrected chi connectivity index (χ2v) is 1.89. The lowest BCUT2D eigenvalue weighted by Gasteiger charge is -2.13. The zero-order valence-electron chi connectivity index (χ0n) is 5.60. The summed E-state index contributed by atoms with van der Waals surface area (Å²) in [6.07, 6.45) is -1.62. The zero-order chi connectivity index (χ0) is 7.28. The van der Waals surface area contributed by atoms with Gasteiger partial charge >= 0.3 is 0 Å². The van der Waals surface area contributed by atoms with E-state index in [1.807, 2.05) is 0 Å². The van der Waals surface area contributed by atoms with E-state index in [0.717, 1.165) is 0 Å². The second-order valence-electron chi connectivity index (χ2n) is 1.89. The monoisotopic (exact) mass is 171 g/mol. The van der Waals surface area contributed by atoms with Crippen molar-refractivity contribution < 1.29 is 15.3 Å². The van der Waals surface area contributed by atoms with Crippen LogP contribution in [-0.2, 0) is 0 Å². The number of hydrogen-bond donors (Lipinski definition) is 4. The molecule has 5 N–H and O–H groups in total. The number of nitrogens with two attached hydrogens (primary N) is 1. The molecule has 0 rings (SSSR count). The lowest BCUT2D eigenvalue weighted by molar-refractivity contribution is -0.0162. The first-order valence-corrected chi connectivity index (χ1v) is 2.89. The van der Waals surface area contributed by atoms with Crippen molar-refractivity contribution >= 4 is 12.4 Å². The summed E-state index contributed by atoms with van der Waals surface area (Å²) in [5.74, 6) is 0. The highest BCUT2D eigenvalue weighted by molar-refractivity contribution is 5.85. The van der Waals surface area contributed by atoms with Crippen LogP contribution >= 0.6 is 12.4 Å². The van der Waals surface area contributed by atoms with Gasteiger partial charge in [-0.3, -0.25) is 0 Å². The first-order chi connectivity index (χ1) is 4.22. The SMILES string of the molecule is Cl.NCC[C@H](O)[C@H](O)CO. The van der Waals surface area contributed by atoms with Gasteiger partial charge in [0.05, 0.1) is 12.7 Å². The van der Waals surface area contributed by atoms with Crippen LogP contribution in [0.5, 0.6) is 0 Å². The van der Waals surface area contributed by atoms with Crippen molar-refractivity contribution in [1.29, 1.82) is 0 Å². The number of halogens is 1. The summed E-state index contributed by atoms with van der Waals surface area (Å²) < 4.78 is 0. The van der Waals surface area contributed by atoms with Crippen LogP contribution in [0.4, 0.5) is 0 Å². The van der Waals surface area contributed by atoms with E-state index >= 15 is 0 Å². The van der Waals surface area contributed by atoms with Gasteiger partial charge in [-0.15, -0.1) is 12.4 Å². The third-order valence-electron chi connectivity index (χ3n) is 1.09. The topological polar surface area (TPSA) is 86.7 Å². The maximum Gasteiger partial charge on any atom is 0.103 e. The fourth-order valence-electron chi connectivity index (χ4n) is 0.485. The quantitative estimate of drug-likeness (QED) is 0.414. The van der Waals surface area contributed by atoms with Gasteiger partial charge < -0.3 is 21.1 Å². The minimum absolute atomic E-state index is 0. The first kappa shape index (κ1) is 12.8. The standard InChI is InChI=1S/C5H13NO3.ClH/c6-2-1-4(8)5(9)3-7;/h4-5,7-9H,1-3,6H2;1H/t4-,5+;/m0./s1. The lowest BCUT2D eigenvalue weighted by atomic mass is 10.1. The molecule has 0 aromatic carbocycles. The van der Waals surface area contributed by atoms with Crippen molar-refractivity contribution in [3.8, 4) is 0 Å². The molecule has 0 heterocycles. The van der Waals surface area contributed by atoms with Gasteiger partial charge in [0.25, 0.3) is 0 Å². The Kier molecular flexibility index (Phi) is 9.25. The van der Waals surface area contributed by atoms with E-state index in [2.05, 4.69) is 0 Å². The zero-order valence-corrected chi connectivity index (χ0v) is 6.42. The molecule has 0 saturated heterocycles. The third-order valence-corrected chi connectivity index (χ3v) is 1.09. The normalized spacial score (nSPS) is 15.6. The van der Waals surface area contributed by atoms with E-state index in [9.17, 15) is 0 Å². The fourth-order valence-corrected chi connectivity index (χ4v) is 0.485. The van der Waals surface area contributed by atoms with Crippen LogP contribution in [0.25, 0.3) is 0 Å². The van der Waals surface area contributed by atoms with Crippen molar-refractivity contribution in [3.63, 3.8) is 0 Å². The van der Waals surface area contributed by atoms with Gasteiger partial charge in [-0.1, -0.05) is 0 Å². The maximum atomic E-state index is 8.83. The van der Waals surface area contributed by atoms with Crippen molar-refractivity contribution in [2.75, 3.05) is 13.2 Å². The molecule has 0 radical (unpaired) electrons. The molecule has 0 bridgehead atoms. The van der Waals surface area contributed by atoms with Gasteiger partial charge in [0.15, 0.2) is 0 Å². The third kappa shape index (κ3) is 4.96. The summed E-state index contributed by atoms with van der Waals surface area (Å²) in [4.78, 5) is 0. The van der Waals surface area contributed by atoms with E-state index < -0.39 is 18.8 Å². The average Bonchev–Trinajstić information content (AvgIpc) is 1.87. The van der Waals surface area contributed by atoms with Gasteiger partial charge in [0.1, 0.15) is 6.10 Å². The summed E-state index contributed by atoms with van der Waals surface area (Å²) in [6.45, 7) is -0.0978. The second kappa shape index (κ2) is 7.24. The molecule has 0 saturated carbocycles. The highest BCUT2D eigenvalue weighted by Gasteiger charge is 2.12. The van der Waals surface area contributed by atoms with Crippen LogP contribution in [0.1, 0.15) is 6.42 Å². The molecule has 0 fully saturated rings. The van der Waals surface area contributed by atoms with E-state index in [1.54, 1.807) is 0 Å². The van der Waals surface area contributed by atoms with E-state index in [-0.39, 0.29) is 12.4 Å². The van der Waals surface area contributed by atoms with Crippen LogP contribution < -0.4 is 5.73 Å². The maximum absolute atomic E-state index is 8.83. The minimum Gasteiger partial charge on any atom is -0.394 e. The highest BCUT2D eigenvalue weighted by Crippen LogP contribution is 1.95. The van der Waals surface area contributed by atoms with Crippen LogP contribution in [0.2, 0.25) is 0 Å². The Morgan fingerprint density at radius 3 is 2.00 bits per heavy atom. The van der Waals surface area contributed by atoms with Gasteiger partial charge in [0, 0.05) is 0 Å². The molecule has 0 aliphatic rings. The van der Waals surface area contributed by atoms with Crippen molar-refractivity contribution in [3.05, 3.63) is 0 Å². The molecule has 2 atom stereocenters. The molecule has 0 aromatic rings. The largest absolute Gasteiger partial charge is 0.394 e. The molecule has 0 amide bonds. The van der Waals surface area contributed by atoms with Crippen LogP contribution in [0.15, 0.2) is 0 Å². The smallest absolute Gasteiger partial charge is 0.103 e. The summed E-state index contributed by atoms with van der Waals surface area (Å²) in [7, 11) is 0. The Balaban J connectivity index is 0. The first-order valence-electron chi connectivity index (χ1n) is 2.89. The molecule has 0 unspecified atom stereocenters. The van der Waals surface area contributed by atoms with Crippen molar-refractivity contribution in [1.82, 2.24) is 0 Å². The molecule has 0 aliphatic heterocycles. The van der Waals surface area contributed by atoms with E-state index in [4.69, 9.17) is 21.1 Å². The Morgan fingerprint density at radius 2 is 1.70 bits per heavy atom. The molecule has 0 aromatic heterocycles. The van der Waals surface area contributed by atoms with Gasteiger partial charge in [-0.25, -0.2) is 0 Å². The fraction of sp³-hybridized carbons (Fsp3) is 1.00. The van der Waals surface area contributed by atoms with Crippen LogP contribution in [0.3, 0.4) is 0 Å².